The maximum atomic E-state index is 12.6. The van der Waals surface area contributed by atoms with E-state index in [2.05, 4.69) is 27.5 Å². The van der Waals surface area contributed by atoms with Crippen LogP contribution in [0.4, 0.5) is 13.2 Å². The summed E-state index contributed by atoms with van der Waals surface area (Å²) in [4.78, 5) is 0. The van der Waals surface area contributed by atoms with Gasteiger partial charge in [0.2, 0.25) is 0 Å². The normalized spacial score (nSPS) is 25.5. The van der Waals surface area contributed by atoms with Gasteiger partial charge in [-0.25, -0.2) is 0 Å². The zero-order valence-electron chi connectivity index (χ0n) is 16.3. The third-order valence-corrected chi connectivity index (χ3v) is 5.51. The second-order valence-electron chi connectivity index (χ2n) is 7.29. The van der Waals surface area contributed by atoms with E-state index in [0.717, 1.165) is 0 Å². The molecule has 2 saturated heterocycles. The van der Waals surface area contributed by atoms with E-state index in [9.17, 15) is 13.2 Å². The van der Waals surface area contributed by atoms with Gasteiger partial charge in [-0.2, -0.15) is 0 Å². The van der Waals surface area contributed by atoms with Crippen LogP contribution in [0.15, 0.2) is 48.5 Å². The Morgan fingerprint density at radius 3 is 2.60 bits per heavy atom. The molecule has 2 heterocycles. The summed E-state index contributed by atoms with van der Waals surface area (Å²) in [5.41, 5.74) is 1.77. The van der Waals surface area contributed by atoms with Crippen LogP contribution < -0.4 is 20.1 Å². The van der Waals surface area contributed by atoms with E-state index in [4.69, 9.17) is 9.47 Å². The second kappa shape index (κ2) is 9.43. The Hall–Kier alpha value is -2.00. The van der Waals surface area contributed by atoms with E-state index in [1.807, 2.05) is 18.2 Å². The maximum Gasteiger partial charge on any atom is 0.573 e. The molecule has 4 atom stereocenters. The SMILES string of the molecule is COc1ccc(OC(F)(F)F)cc1CN[C@H]1[C@@H]2COC[C@@H]2N[C@H]1c1ccccc1.Cl. The predicted molar refractivity (Wildman–Crippen MR) is 108 cm³/mol. The highest BCUT2D eigenvalue weighted by atomic mass is 35.5. The molecule has 5 nitrogen and oxygen atoms in total. The van der Waals surface area contributed by atoms with Gasteiger partial charge in [0.15, 0.2) is 0 Å². The third-order valence-electron chi connectivity index (χ3n) is 5.51. The fourth-order valence-corrected chi connectivity index (χ4v) is 4.23. The Balaban J connectivity index is 0.00000256. The van der Waals surface area contributed by atoms with Crippen molar-refractivity contribution in [2.45, 2.75) is 31.0 Å². The summed E-state index contributed by atoms with van der Waals surface area (Å²) in [7, 11) is 1.49. The highest BCUT2D eigenvalue weighted by molar-refractivity contribution is 5.85. The molecule has 0 bridgehead atoms. The molecule has 0 unspecified atom stereocenters. The summed E-state index contributed by atoms with van der Waals surface area (Å²) >= 11 is 0. The van der Waals surface area contributed by atoms with E-state index >= 15 is 0 Å². The van der Waals surface area contributed by atoms with E-state index < -0.39 is 6.36 Å². The predicted octanol–water partition coefficient (Wildman–Crippen LogP) is 3.83. The van der Waals surface area contributed by atoms with Crippen LogP contribution in [-0.2, 0) is 11.3 Å². The van der Waals surface area contributed by atoms with Crippen molar-refractivity contribution in [3.05, 3.63) is 59.7 Å². The summed E-state index contributed by atoms with van der Waals surface area (Å²) in [5.74, 6) is 0.524. The average molecular weight is 445 g/mol. The van der Waals surface area contributed by atoms with Crippen LogP contribution in [0, 0.1) is 5.92 Å². The van der Waals surface area contributed by atoms with Gasteiger partial charge in [0, 0.05) is 36.2 Å². The molecule has 164 valence electrons. The van der Waals surface area contributed by atoms with E-state index in [1.165, 1.54) is 30.9 Å². The molecule has 0 radical (unpaired) electrons. The topological polar surface area (TPSA) is 51.8 Å². The lowest BCUT2D eigenvalue weighted by atomic mass is 9.92. The first-order valence-corrected chi connectivity index (χ1v) is 9.49. The van der Waals surface area contributed by atoms with Gasteiger partial charge in [-0.05, 0) is 23.8 Å². The number of alkyl halides is 3. The van der Waals surface area contributed by atoms with Crippen molar-refractivity contribution < 1.29 is 27.4 Å². The first kappa shape index (κ1) is 22.7. The number of halogens is 4. The van der Waals surface area contributed by atoms with Crippen molar-refractivity contribution in [2.75, 3.05) is 20.3 Å². The van der Waals surface area contributed by atoms with Gasteiger partial charge in [-0.3, -0.25) is 0 Å². The van der Waals surface area contributed by atoms with Crippen molar-refractivity contribution in [2.24, 2.45) is 5.92 Å². The smallest absolute Gasteiger partial charge is 0.496 e. The van der Waals surface area contributed by atoms with E-state index in [-0.39, 0.29) is 42.2 Å². The van der Waals surface area contributed by atoms with Crippen LogP contribution in [0.3, 0.4) is 0 Å². The third kappa shape index (κ3) is 5.00. The van der Waals surface area contributed by atoms with Crippen molar-refractivity contribution in [3.8, 4) is 11.5 Å². The fraction of sp³-hybridized carbons (Fsp3) is 0.429. The highest BCUT2D eigenvalue weighted by Crippen LogP contribution is 2.36. The molecule has 2 aromatic rings. The lowest BCUT2D eigenvalue weighted by Crippen LogP contribution is -2.39. The monoisotopic (exact) mass is 444 g/mol. The number of hydrogen-bond donors (Lipinski definition) is 2. The molecule has 0 spiro atoms. The van der Waals surface area contributed by atoms with Crippen LogP contribution >= 0.6 is 12.4 Å². The summed E-state index contributed by atoms with van der Waals surface area (Å²) in [5, 5.41) is 7.16. The minimum absolute atomic E-state index is 0. The van der Waals surface area contributed by atoms with Crippen molar-refractivity contribution >= 4 is 12.4 Å². The molecule has 4 rings (SSSR count). The fourth-order valence-electron chi connectivity index (χ4n) is 4.23. The minimum atomic E-state index is -4.73. The van der Waals surface area contributed by atoms with Gasteiger partial charge < -0.3 is 24.8 Å². The molecule has 2 N–H and O–H groups in total. The quantitative estimate of drug-likeness (QED) is 0.709. The van der Waals surface area contributed by atoms with Gasteiger partial charge in [0.25, 0.3) is 0 Å². The number of methoxy groups -OCH3 is 1. The van der Waals surface area contributed by atoms with Gasteiger partial charge in [0.05, 0.1) is 20.3 Å². The minimum Gasteiger partial charge on any atom is -0.496 e. The molecule has 0 amide bonds. The first-order chi connectivity index (χ1) is 13.9. The Bertz CT molecular complexity index is 838. The Kier molecular flexibility index (Phi) is 7.13. The lowest BCUT2D eigenvalue weighted by molar-refractivity contribution is -0.274. The lowest BCUT2D eigenvalue weighted by Gasteiger charge is -2.25. The molecule has 0 aliphatic carbocycles. The zero-order valence-corrected chi connectivity index (χ0v) is 17.1. The standard InChI is InChI=1S/C21H23F3N2O3.ClH/c1-27-18-8-7-15(29-21(22,23)24)9-14(18)10-25-20-16-11-28-12-17(16)26-19(20)13-5-3-2-4-6-13;/h2-9,16-17,19-20,25-26H,10-12H2,1H3;1H/t16-,17+,19+,20+;/m1./s1. The number of rotatable bonds is 6. The van der Waals surface area contributed by atoms with Crippen molar-refractivity contribution in [1.82, 2.24) is 10.6 Å². The summed E-state index contributed by atoms with van der Waals surface area (Å²) < 4.78 is 52.8. The average Bonchev–Trinajstić information content (AvgIpc) is 3.27. The number of hydrogen-bond acceptors (Lipinski definition) is 5. The molecule has 2 aliphatic heterocycles. The van der Waals surface area contributed by atoms with Gasteiger partial charge in [0.1, 0.15) is 11.5 Å². The molecule has 2 aromatic carbocycles. The van der Waals surface area contributed by atoms with Crippen molar-refractivity contribution in [3.63, 3.8) is 0 Å². The molecule has 2 aliphatic rings. The number of nitrogens with one attached hydrogen (secondary N) is 2. The zero-order chi connectivity index (χ0) is 20.4. The van der Waals surface area contributed by atoms with Crippen LogP contribution in [-0.4, -0.2) is 38.8 Å². The highest BCUT2D eigenvalue weighted by Gasteiger charge is 2.46. The molecule has 30 heavy (non-hydrogen) atoms. The number of benzene rings is 2. The van der Waals surface area contributed by atoms with Crippen molar-refractivity contribution in [1.29, 1.82) is 0 Å². The Morgan fingerprint density at radius 2 is 1.90 bits per heavy atom. The molecular weight excluding hydrogens is 421 g/mol. The Morgan fingerprint density at radius 1 is 1.13 bits per heavy atom. The van der Waals surface area contributed by atoms with Gasteiger partial charge in [-0.1, -0.05) is 30.3 Å². The largest absolute Gasteiger partial charge is 0.573 e. The molecule has 0 saturated carbocycles. The number of ether oxygens (including phenoxy) is 3. The summed E-state index contributed by atoms with van der Waals surface area (Å²) in [6.45, 7) is 1.65. The number of fused-ring (bicyclic) bond motifs is 1. The maximum absolute atomic E-state index is 12.6. The Labute approximate surface area is 179 Å². The van der Waals surface area contributed by atoms with Crippen LogP contribution in [0.2, 0.25) is 0 Å². The van der Waals surface area contributed by atoms with Gasteiger partial charge >= 0.3 is 6.36 Å². The van der Waals surface area contributed by atoms with Gasteiger partial charge in [-0.15, -0.1) is 25.6 Å². The summed E-state index contributed by atoms with van der Waals surface area (Å²) in [6.07, 6.45) is -4.73. The second-order valence-corrected chi connectivity index (χ2v) is 7.29. The van der Waals surface area contributed by atoms with Crippen LogP contribution in [0.25, 0.3) is 0 Å². The molecule has 9 heteroatoms. The summed E-state index contributed by atoms with van der Waals surface area (Å²) in [6, 6.07) is 14.6. The first-order valence-electron chi connectivity index (χ1n) is 9.49. The van der Waals surface area contributed by atoms with E-state index in [1.54, 1.807) is 0 Å². The molecule has 0 aromatic heterocycles. The molecule has 2 fully saturated rings. The van der Waals surface area contributed by atoms with E-state index in [0.29, 0.717) is 31.1 Å². The van der Waals surface area contributed by atoms with Crippen LogP contribution in [0.1, 0.15) is 17.2 Å². The van der Waals surface area contributed by atoms with Crippen LogP contribution in [0.5, 0.6) is 11.5 Å². The molecular formula is C21H24ClF3N2O3.